The van der Waals surface area contributed by atoms with E-state index in [1.807, 2.05) is 4.98 Å². The maximum absolute atomic E-state index is 13.2. The summed E-state index contributed by atoms with van der Waals surface area (Å²) < 4.78 is 24.1. The molecule has 1 aromatic heterocycles. The molecule has 4 rings (SSSR count). The van der Waals surface area contributed by atoms with Crippen molar-refractivity contribution >= 4 is 11.8 Å². The van der Waals surface area contributed by atoms with Crippen molar-refractivity contribution in [1.29, 1.82) is 0 Å². The minimum atomic E-state index is -1.85. The Bertz CT molecular complexity index is 1610. The summed E-state index contributed by atoms with van der Waals surface area (Å²) in [4.78, 5) is 51.2. The molecule has 20 nitrogen and oxygen atoms in total. The summed E-state index contributed by atoms with van der Waals surface area (Å²) in [7, 11) is 0. The highest BCUT2D eigenvalue weighted by Crippen LogP contribution is 2.34. The second-order valence-corrected chi connectivity index (χ2v) is 16.0. The van der Waals surface area contributed by atoms with Gasteiger partial charge in [-0.25, -0.2) is 4.79 Å². The number of ether oxygens (including phenoxy) is 4. The highest BCUT2D eigenvalue weighted by molar-refractivity contribution is 5.87. The zero-order chi connectivity index (χ0) is 43.9. The minimum Gasteiger partial charge on any atom is -0.394 e. The van der Waals surface area contributed by atoms with E-state index in [9.17, 15) is 60.0 Å². The van der Waals surface area contributed by atoms with Crippen LogP contribution in [-0.2, 0) is 28.5 Å². The van der Waals surface area contributed by atoms with Crippen LogP contribution in [0.15, 0.2) is 34.0 Å². The number of hydrogen-bond donors (Lipinski definition) is 11. The number of nitrogens with one attached hydrogen (secondary N) is 3. The van der Waals surface area contributed by atoms with Crippen LogP contribution in [0.5, 0.6) is 0 Å². The maximum Gasteiger partial charge on any atom is 0.330 e. The van der Waals surface area contributed by atoms with Crippen molar-refractivity contribution in [3.05, 3.63) is 45.3 Å². The second-order valence-electron chi connectivity index (χ2n) is 16.0. The minimum absolute atomic E-state index is 0.597. The number of hydrogen-bond acceptors (Lipinski definition) is 16. The zero-order valence-electron chi connectivity index (χ0n) is 34.4. The fraction of sp³-hybridized carbons (Fsp3) is 0.800. The number of carbonyl (C=O) groups excluding carboxylic acids is 2. The average Bonchev–Trinajstić information content (AvgIpc) is 3.50. The van der Waals surface area contributed by atoms with Crippen molar-refractivity contribution in [2.75, 3.05) is 6.61 Å². The van der Waals surface area contributed by atoms with Gasteiger partial charge in [0.15, 0.2) is 18.8 Å². The van der Waals surface area contributed by atoms with Gasteiger partial charge >= 0.3 is 5.69 Å². The smallest absolute Gasteiger partial charge is 0.330 e. The third-order valence-corrected chi connectivity index (χ3v) is 11.3. The SMILES string of the molecule is CCCCCCCCCCCCCC/C=C/C(=O)N[C@H]1[C@H](O[C@H]2O[C@H](CO)[C@@H](O)[C@H](O)[C@H]2NC(C)=O)O[C@H](C[C@@H](O)[C@H]2O[C@@H](n3ccc(=O)[nH]c3=O)[C@H](O)[C@@H]2O)[C@H](O)[C@@H]1O. The van der Waals surface area contributed by atoms with Crippen molar-refractivity contribution in [2.24, 2.45) is 0 Å². The Hall–Kier alpha value is -3.12. The van der Waals surface area contributed by atoms with Gasteiger partial charge in [-0.05, 0) is 18.9 Å². The van der Waals surface area contributed by atoms with Gasteiger partial charge in [0.2, 0.25) is 11.8 Å². The van der Waals surface area contributed by atoms with Crippen LogP contribution in [0.25, 0.3) is 0 Å². The molecule has 0 radical (unpaired) electrons. The molecule has 0 aromatic carbocycles. The van der Waals surface area contributed by atoms with Crippen molar-refractivity contribution < 1.29 is 69.4 Å². The summed E-state index contributed by atoms with van der Waals surface area (Å²) in [5.41, 5.74) is -1.68. The highest BCUT2D eigenvalue weighted by Gasteiger charge is 2.53. The lowest BCUT2D eigenvalue weighted by molar-refractivity contribution is -0.346. The standard InChI is InChI=1S/C40H66N4O16/c1-3-4-5-6-7-8-9-10-11-12-13-14-15-16-17-26(48)42-29-33(53)30(50)24(57-39(29)60-38-28(41-22(2)46)32(52)31(51)25(21-45)58-38)20-23(47)36-34(54)35(55)37(59-36)44-19-18-27(49)43-40(44)56/h16-19,23-25,28-39,45,47,50-55H,3-15,20-21H2,1-2H3,(H,41,46)(H,42,48)(H,43,49,56)/b17-16+/t23-,24-,25-,28-,29-,30+,31-,32-,33-,34+,35-,36-,37-,38-,39+/m1/s1. The zero-order valence-corrected chi connectivity index (χ0v) is 34.4. The molecule has 3 aliphatic rings. The van der Waals surface area contributed by atoms with Crippen LogP contribution in [0, 0.1) is 0 Å². The number of amides is 2. The Kier molecular flexibility index (Phi) is 20.2. The number of rotatable bonds is 23. The van der Waals surface area contributed by atoms with E-state index in [1.165, 1.54) is 57.4 Å². The van der Waals surface area contributed by atoms with E-state index in [-0.39, 0.29) is 0 Å². The number of aliphatic hydroxyl groups is 8. The number of aromatic nitrogens is 2. The molecule has 3 aliphatic heterocycles. The summed E-state index contributed by atoms with van der Waals surface area (Å²) in [5.74, 6) is -1.35. The van der Waals surface area contributed by atoms with E-state index in [0.29, 0.717) is 6.42 Å². The Balaban J connectivity index is 1.42. The lowest BCUT2D eigenvalue weighted by Crippen LogP contribution is -2.68. The molecule has 0 bridgehead atoms. The topological polar surface area (TPSA) is 312 Å². The summed E-state index contributed by atoms with van der Waals surface area (Å²) in [6.07, 6.45) is -3.63. The van der Waals surface area contributed by atoms with E-state index < -0.39 is 128 Å². The van der Waals surface area contributed by atoms with Gasteiger partial charge in [-0.15, -0.1) is 0 Å². The summed E-state index contributed by atoms with van der Waals surface area (Å²) >= 11 is 0. The summed E-state index contributed by atoms with van der Waals surface area (Å²) in [5, 5.41) is 91.5. The first-order valence-corrected chi connectivity index (χ1v) is 21.2. The molecule has 4 heterocycles. The molecular weight excluding hydrogens is 792 g/mol. The quantitative estimate of drug-likeness (QED) is 0.0438. The molecule has 0 aliphatic carbocycles. The van der Waals surface area contributed by atoms with Crippen molar-refractivity contribution in [3.63, 3.8) is 0 Å². The molecule has 1 aromatic rings. The van der Waals surface area contributed by atoms with Crippen molar-refractivity contribution in [2.45, 2.75) is 196 Å². The predicted molar refractivity (Wildman–Crippen MR) is 212 cm³/mol. The third kappa shape index (κ3) is 13.7. The first kappa shape index (κ1) is 49.5. The van der Waals surface area contributed by atoms with Gasteiger partial charge in [0, 0.05) is 25.6 Å². The van der Waals surface area contributed by atoms with Crippen LogP contribution in [0.3, 0.4) is 0 Å². The molecule has 60 heavy (non-hydrogen) atoms. The fourth-order valence-corrected chi connectivity index (χ4v) is 7.85. The van der Waals surface area contributed by atoms with E-state index in [1.54, 1.807) is 6.08 Å². The van der Waals surface area contributed by atoms with Gasteiger partial charge in [0.25, 0.3) is 5.56 Å². The normalized spacial score (nSPS) is 33.8. The molecule has 0 saturated carbocycles. The van der Waals surface area contributed by atoms with Crippen LogP contribution in [0.1, 0.15) is 110 Å². The van der Waals surface area contributed by atoms with Crippen LogP contribution in [0.4, 0.5) is 0 Å². The lowest BCUT2D eigenvalue weighted by atomic mass is 9.91. The van der Waals surface area contributed by atoms with E-state index in [4.69, 9.17) is 18.9 Å². The van der Waals surface area contributed by atoms with Gasteiger partial charge in [-0.2, -0.15) is 0 Å². The third-order valence-electron chi connectivity index (χ3n) is 11.3. The molecular formula is C40H66N4O16. The predicted octanol–water partition coefficient (Wildman–Crippen LogP) is -1.55. The van der Waals surface area contributed by atoms with Gasteiger partial charge in [-0.1, -0.05) is 83.6 Å². The van der Waals surface area contributed by atoms with Crippen LogP contribution in [-0.4, -0.2) is 155 Å². The van der Waals surface area contributed by atoms with Crippen molar-refractivity contribution in [1.82, 2.24) is 20.2 Å². The van der Waals surface area contributed by atoms with Gasteiger partial charge in [0.05, 0.1) is 18.8 Å². The molecule has 11 N–H and O–H groups in total. The average molecular weight is 859 g/mol. The number of unbranched alkanes of at least 4 members (excludes halogenated alkanes) is 12. The van der Waals surface area contributed by atoms with Gasteiger partial charge < -0.3 is 70.4 Å². The number of aromatic amines is 1. The second kappa shape index (κ2) is 24.5. The van der Waals surface area contributed by atoms with Gasteiger partial charge in [0.1, 0.15) is 60.9 Å². The number of carbonyl (C=O) groups is 2. The number of allylic oxidation sites excluding steroid dienone is 1. The Morgan fingerprint density at radius 2 is 1.33 bits per heavy atom. The number of aliphatic hydroxyl groups excluding tert-OH is 8. The molecule has 3 saturated heterocycles. The van der Waals surface area contributed by atoms with E-state index in [0.717, 1.165) is 49.4 Å². The molecule has 2 amide bonds. The van der Waals surface area contributed by atoms with Crippen LogP contribution in [0.2, 0.25) is 0 Å². The summed E-state index contributed by atoms with van der Waals surface area (Å²) in [6.45, 7) is 2.56. The molecule has 3 fully saturated rings. The van der Waals surface area contributed by atoms with Crippen molar-refractivity contribution in [3.8, 4) is 0 Å². The molecule has 20 heteroatoms. The van der Waals surface area contributed by atoms with E-state index >= 15 is 0 Å². The molecule has 15 atom stereocenters. The first-order valence-electron chi connectivity index (χ1n) is 21.2. The fourth-order valence-electron chi connectivity index (χ4n) is 7.85. The lowest BCUT2D eigenvalue weighted by Gasteiger charge is -2.47. The highest BCUT2D eigenvalue weighted by atomic mass is 16.8. The van der Waals surface area contributed by atoms with Gasteiger partial charge in [-0.3, -0.25) is 23.9 Å². The molecule has 342 valence electrons. The Labute approximate surface area is 348 Å². The van der Waals surface area contributed by atoms with E-state index in [2.05, 4.69) is 17.6 Å². The number of nitrogens with zero attached hydrogens (tertiary/aromatic N) is 1. The first-order chi connectivity index (χ1) is 28.7. The monoisotopic (exact) mass is 858 g/mol. The number of H-pyrrole nitrogens is 1. The summed E-state index contributed by atoms with van der Waals surface area (Å²) in [6, 6.07) is -2.01. The molecule has 0 spiro atoms. The maximum atomic E-state index is 13.2. The van der Waals surface area contributed by atoms with Crippen LogP contribution >= 0.6 is 0 Å². The van der Waals surface area contributed by atoms with Crippen LogP contribution < -0.4 is 21.9 Å². The Morgan fingerprint density at radius 1 is 0.783 bits per heavy atom. The Morgan fingerprint density at radius 3 is 1.90 bits per heavy atom. The largest absolute Gasteiger partial charge is 0.394 e. The molecule has 0 unspecified atom stereocenters.